The molecule has 0 aliphatic heterocycles. The molecule has 2 N–H and O–H groups in total. The van der Waals surface area contributed by atoms with E-state index in [-0.39, 0.29) is 15.9 Å². The molecule has 0 saturated carbocycles. The summed E-state index contributed by atoms with van der Waals surface area (Å²) in [6, 6.07) is 20.1. The third-order valence-corrected chi connectivity index (χ3v) is 6.28. The van der Waals surface area contributed by atoms with E-state index in [1.807, 2.05) is 24.3 Å². The topological polar surface area (TPSA) is 96.9 Å². The maximum absolute atomic E-state index is 12.7. The van der Waals surface area contributed by atoms with Crippen molar-refractivity contribution in [1.29, 1.82) is 0 Å². The minimum absolute atomic E-state index is 0.0345. The number of methoxy groups -OCH3 is 1. The molecule has 0 aliphatic carbocycles. The van der Waals surface area contributed by atoms with Crippen molar-refractivity contribution in [2.75, 3.05) is 11.8 Å². The van der Waals surface area contributed by atoms with Crippen LogP contribution in [0.1, 0.15) is 42.3 Å². The number of hydrogen-bond acceptors (Lipinski definition) is 5. The summed E-state index contributed by atoms with van der Waals surface area (Å²) in [5, 5.41) is 3.98. The lowest BCUT2D eigenvalue weighted by molar-refractivity contribution is 0.0955. The third-order valence-electron chi connectivity index (χ3n) is 4.91. The van der Waals surface area contributed by atoms with Gasteiger partial charge in [0.1, 0.15) is 5.75 Å². The zero-order chi connectivity index (χ0) is 24.1. The molecule has 0 saturated heterocycles. The number of hydrazone groups is 1. The lowest BCUT2D eigenvalue weighted by atomic mass is 9.87. The van der Waals surface area contributed by atoms with Crippen LogP contribution in [0.2, 0.25) is 0 Å². The first kappa shape index (κ1) is 24.0. The lowest BCUT2D eigenvalue weighted by Crippen LogP contribution is -2.19. The van der Waals surface area contributed by atoms with E-state index >= 15 is 0 Å². The smallest absolute Gasteiger partial charge is 0.271 e. The minimum atomic E-state index is -3.88. The van der Waals surface area contributed by atoms with Crippen LogP contribution >= 0.6 is 0 Å². The van der Waals surface area contributed by atoms with E-state index in [0.717, 1.165) is 5.56 Å². The highest BCUT2D eigenvalue weighted by Crippen LogP contribution is 2.22. The van der Waals surface area contributed by atoms with E-state index < -0.39 is 15.9 Å². The average Bonchev–Trinajstić information content (AvgIpc) is 2.79. The second-order valence-corrected chi connectivity index (χ2v) is 10.1. The summed E-state index contributed by atoms with van der Waals surface area (Å²) in [4.78, 5) is 12.4. The van der Waals surface area contributed by atoms with Crippen LogP contribution in [0.15, 0.2) is 82.8 Å². The monoisotopic (exact) mass is 465 g/mol. The molecule has 3 aromatic carbocycles. The SMILES string of the molecule is COc1ccc(NS(=O)(=O)c2cccc(C(=O)N/N=C\c3ccc(C(C)(C)C)cc3)c2)cc1. The zero-order valence-corrected chi connectivity index (χ0v) is 19.8. The summed E-state index contributed by atoms with van der Waals surface area (Å²) in [6.45, 7) is 6.41. The molecule has 3 aromatic rings. The van der Waals surface area contributed by atoms with Crippen LogP contribution in [-0.2, 0) is 15.4 Å². The van der Waals surface area contributed by atoms with Crippen LogP contribution in [0.25, 0.3) is 0 Å². The Labute approximate surface area is 194 Å². The Morgan fingerprint density at radius 2 is 1.64 bits per heavy atom. The first-order chi connectivity index (χ1) is 15.6. The summed E-state index contributed by atoms with van der Waals surface area (Å²) >= 11 is 0. The number of ether oxygens (including phenoxy) is 1. The molecular formula is C25H27N3O4S. The van der Waals surface area contributed by atoms with Gasteiger partial charge in [-0.1, -0.05) is 51.1 Å². The molecular weight excluding hydrogens is 438 g/mol. The van der Waals surface area contributed by atoms with Crippen molar-refractivity contribution in [3.63, 3.8) is 0 Å². The van der Waals surface area contributed by atoms with Gasteiger partial charge >= 0.3 is 0 Å². The van der Waals surface area contributed by atoms with Crippen LogP contribution < -0.4 is 14.9 Å². The molecule has 33 heavy (non-hydrogen) atoms. The summed E-state index contributed by atoms with van der Waals surface area (Å²) < 4.78 is 33.0. The van der Waals surface area contributed by atoms with Gasteiger partial charge in [-0.05, 0) is 59.0 Å². The molecule has 0 heterocycles. The second kappa shape index (κ2) is 9.87. The molecule has 0 spiro atoms. The first-order valence-corrected chi connectivity index (χ1v) is 11.8. The number of nitrogens with one attached hydrogen (secondary N) is 2. The standard InChI is InChI=1S/C25H27N3O4S/c1-25(2,3)20-10-8-18(9-11-20)17-26-27-24(29)19-6-5-7-23(16-19)33(30,31)28-21-12-14-22(32-4)15-13-21/h5-17,28H,1-4H3,(H,27,29)/b26-17-. The predicted molar refractivity (Wildman–Crippen MR) is 130 cm³/mol. The van der Waals surface area contributed by atoms with E-state index in [1.165, 1.54) is 43.2 Å². The Kier molecular flexibility index (Phi) is 7.18. The summed E-state index contributed by atoms with van der Waals surface area (Å²) in [5.74, 6) is 0.0985. The largest absolute Gasteiger partial charge is 0.497 e. The maximum Gasteiger partial charge on any atom is 0.271 e. The summed E-state index contributed by atoms with van der Waals surface area (Å²) in [6.07, 6.45) is 1.54. The van der Waals surface area contributed by atoms with E-state index in [9.17, 15) is 13.2 Å². The van der Waals surface area contributed by atoms with E-state index in [2.05, 4.69) is 36.0 Å². The molecule has 0 aliphatic rings. The Balaban J connectivity index is 1.67. The summed E-state index contributed by atoms with van der Waals surface area (Å²) in [7, 11) is -2.35. The van der Waals surface area contributed by atoms with Gasteiger partial charge in [-0.3, -0.25) is 9.52 Å². The number of sulfonamides is 1. The number of rotatable bonds is 7. The number of carbonyl (C=O) groups is 1. The quantitative estimate of drug-likeness (QED) is 0.395. The van der Waals surface area contributed by atoms with E-state index in [1.54, 1.807) is 24.3 Å². The third kappa shape index (κ3) is 6.43. The second-order valence-electron chi connectivity index (χ2n) is 8.43. The highest BCUT2D eigenvalue weighted by Gasteiger charge is 2.17. The first-order valence-electron chi connectivity index (χ1n) is 10.3. The summed E-state index contributed by atoms with van der Waals surface area (Å²) in [5.41, 5.74) is 5.08. The van der Waals surface area contributed by atoms with Crippen molar-refractivity contribution in [2.45, 2.75) is 31.1 Å². The Hall–Kier alpha value is -3.65. The fraction of sp³-hybridized carbons (Fsp3) is 0.200. The molecule has 8 heteroatoms. The molecule has 0 aromatic heterocycles. The number of anilines is 1. The van der Waals surface area contributed by atoms with E-state index in [0.29, 0.717) is 11.4 Å². The Morgan fingerprint density at radius 1 is 0.970 bits per heavy atom. The van der Waals surface area contributed by atoms with Crippen LogP contribution in [0, 0.1) is 0 Å². The van der Waals surface area contributed by atoms with Crippen molar-refractivity contribution in [3.8, 4) is 5.75 Å². The molecule has 172 valence electrons. The number of benzene rings is 3. The van der Waals surface area contributed by atoms with Gasteiger partial charge in [-0.25, -0.2) is 13.8 Å². The molecule has 0 bridgehead atoms. The number of hydrogen-bond donors (Lipinski definition) is 2. The van der Waals surface area contributed by atoms with Gasteiger partial charge in [-0.2, -0.15) is 5.10 Å². The molecule has 7 nitrogen and oxygen atoms in total. The van der Waals surface area contributed by atoms with Crippen molar-refractivity contribution in [1.82, 2.24) is 5.43 Å². The Morgan fingerprint density at radius 3 is 2.24 bits per heavy atom. The molecule has 0 atom stereocenters. The van der Waals surface area contributed by atoms with Crippen molar-refractivity contribution in [3.05, 3.63) is 89.5 Å². The molecule has 0 fully saturated rings. The van der Waals surface area contributed by atoms with Crippen LogP contribution in [0.5, 0.6) is 5.75 Å². The van der Waals surface area contributed by atoms with Gasteiger partial charge in [-0.15, -0.1) is 0 Å². The Bertz CT molecular complexity index is 1240. The van der Waals surface area contributed by atoms with Crippen LogP contribution in [0.3, 0.4) is 0 Å². The fourth-order valence-corrected chi connectivity index (χ4v) is 4.08. The predicted octanol–water partition coefficient (Wildman–Crippen LogP) is 4.56. The average molecular weight is 466 g/mol. The highest BCUT2D eigenvalue weighted by molar-refractivity contribution is 7.92. The van der Waals surface area contributed by atoms with E-state index in [4.69, 9.17) is 4.74 Å². The van der Waals surface area contributed by atoms with Gasteiger partial charge in [0.05, 0.1) is 18.2 Å². The van der Waals surface area contributed by atoms with Crippen molar-refractivity contribution in [2.24, 2.45) is 5.10 Å². The maximum atomic E-state index is 12.7. The van der Waals surface area contributed by atoms with Crippen molar-refractivity contribution >= 4 is 27.8 Å². The number of carbonyl (C=O) groups excluding carboxylic acids is 1. The highest BCUT2D eigenvalue weighted by atomic mass is 32.2. The lowest BCUT2D eigenvalue weighted by Gasteiger charge is -2.18. The van der Waals surface area contributed by atoms with Crippen molar-refractivity contribution < 1.29 is 17.9 Å². The fourth-order valence-electron chi connectivity index (χ4n) is 2.98. The van der Waals surface area contributed by atoms with Crippen LogP contribution in [-0.4, -0.2) is 27.6 Å². The van der Waals surface area contributed by atoms with Gasteiger partial charge < -0.3 is 4.74 Å². The minimum Gasteiger partial charge on any atom is -0.497 e. The van der Waals surface area contributed by atoms with Gasteiger partial charge in [0, 0.05) is 11.3 Å². The molecule has 0 radical (unpaired) electrons. The van der Waals surface area contributed by atoms with Gasteiger partial charge in [0.15, 0.2) is 0 Å². The van der Waals surface area contributed by atoms with Gasteiger partial charge in [0.25, 0.3) is 15.9 Å². The number of amides is 1. The molecule has 0 unspecified atom stereocenters. The normalized spacial score (nSPS) is 11.9. The zero-order valence-electron chi connectivity index (χ0n) is 19.0. The molecule has 1 amide bonds. The number of nitrogens with zero attached hydrogens (tertiary/aromatic N) is 1. The molecule has 3 rings (SSSR count). The van der Waals surface area contributed by atoms with Crippen LogP contribution in [0.4, 0.5) is 5.69 Å². The van der Waals surface area contributed by atoms with Gasteiger partial charge in [0.2, 0.25) is 0 Å².